The van der Waals surface area contributed by atoms with Gasteiger partial charge in [0.05, 0.1) is 24.7 Å². The van der Waals surface area contributed by atoms with Crippen molar-refractivity contribution in [1.29, 1.82) is 0 Å². The molecule has 3 aromatic rings. The number of likely N-dealkylation sites (N-methyl/N-ethyl adjacent to an activating group) is 1. The fourth-order valence-electron chi connectivity index (χ4n) is 4.77. The molecule has 2 atom stereocenters. The zero-order valence-electron chi connectivity index (χ0n) is 23.1. The maximum absolute atomic E-state index is 14.0. The highest BCUT2D eigenvalue weighted by molar-refractivity contribution is 7.97. The Balaban J connectivity index is 0.000000397. The van der Waals surface area contributed by atoms with E-state index in [4.69, 9.17) is 5.14 Å². The third-order valence-corrected chi connectivity index (χ3v) is 7.20. The maximum atomic E-state index is 14.0. The molecule has 1 aliphatic rings. The Hall–Kier alpha value is -2.89. The van der Waals surface area contributed by atoms with Gasteiger partial charge in [-0.05, 0) is 23.1 Å². The number of hydrogen-bond acceptors (Lipinski definition) is 6. The molecular weight excluding hydrogens is 551 g/mol. The number of aliphatic hydroxyl groups excluding tert-OH is 1. The summed E-state index contributed by atoms with van der Waals surface area (Å²) in [5, 5.41) is 14.9. The topological polar surface area (TPSA) is 79.0 Å². The average molecular weight is 590 g/mol. The molecule has 0 aliphatic carbocycles. The van der Waals surface area contributed by atoms with Crippen LogP contribution in [0.4, 0.5) is 13.2 Å². The number of rotatable bonds is 11. The van der Waals surface area contributed by atoms with Crippen LogP contribution in [0.1, 0.15) is 35.1 Å². The highest BCUT2D eigenvalue weighted by Gasteiger charge is 2.32. The Morgan fingerprint density at radius 3 is 1.95 bits per heavy atom. The van der Waals surface area contributed by atoms with Crippen LogP contribution in [0.3, 0.4) is 0 Å². The Morgan fingerprint density at radius 1 is 1.00 bits per heavy atom. The number of halogens is 3. The van der Waals surface area contributed by atoms with E-state index < -0.39 is 12.8 Å². The van der Waals surface area contributed by atoms with Crippen LogP contribution in [0, 0.1) is 0 Å². The molecule has 2 unspecified atom stereocenters. The molecule has 1 aliphatic heterocycles. The molecule has 0 saturated carbocycles. The van der Waals surface area contributed by atoms with E-state index in [-0.39, 0.29) is 30.6 Å². The Bertz CT molecular complexity index is 1120. The zero-order valence-corrected chi connectivity index (χ0v) is 23.9. The minimum Gasteiger partial charge on any atom is -0.392 e. The fourth-order valence-corrected chi connectivity index (χ4v) is 4.98. The predicted octanol–water partition coefficient (Wildman–Crippen LogP) is 5.26. The fraction of sp³-hybridized carbons (Fsp3) is 0.387. The average Bonchev–Trinajstić information content (AvgIpc) is 3.40. The van der Waals surface area contributed by atoms with Crippen molar-refractivity contribution in [3.63, 3.8) is 0 Å². The predicted molar refractivity (Wildman–Crippen MR) is 157 cm³/mol. The number of alkyl halides is 3. The van der Waals surface area contributed by atoms with Crippen LogP contribution in [0.5, 0.6) is 0 Å². The summed E-state index contributed by atoms with van der Waals surface area (Å²) in [6.07, 6.45) is -3.71. The van der Waals surface area contributed by atoms with Crippen molar-refractivity contribution < 1.29 is 27.8 Å². The van der Waals surface area contributed by atoms with Gasteiger partial charge in [0.1, 0.15) is 6.61 Å². The first-order valence-electron chi connectivity index (χ1n) is 13.5. The minimum atomic E-state index is -4.22. The second-order valence-electron chi connectivity index (χ2n) is 9.87. The monoisotopic (exact) mass is 589 g/mol. The Morgan fingerprint density at radius 2 is 1.51 bits per heavy atom. The number of hydrogen-bond donors (Lipinski definition) is 2. The van der Waals surface area contributed by atoms with Gasteiger partial charge in [-0.2, -0.15) is 13.2 Å². The lowest BCUT2D eigenvalue weighted by Crippen LogP contribution is -2.41. The molecular formula is C31H38F3N3O3S. The number of ether oxygens (including phenoxy) is 1. The van der Waals surface area contributed by atoms with E-state index in [0.29, 0.717) is 18.8 Å². The molecule has 6 nitrogen and oxygen atoms in total. The standard InChI is InChI=1S/C27H30N2O2.C4H8F3NOS/c1-28(25(21-11-5-2-6-12-21)20-29-18-17-24(30)19-29)27(31)26(22-13-7-3-8-14-22)23-15-9-4-10-16-23;5-4(6,7)3-9-1-2-10-8/h2-16,24-26,30H,17-20H2,1H3;1-3,8H2. The number of nitrogens with zero attached hydrogens (tertiary/aromatic N) is 2. The summed E-state index contributed by atoms with van der Waals surface area (Å²) in [5.41, 5.74) is 3.10. The summed E-state index contributed by atoms with van der Waals surface area (Å²) in [7, 11) is 1.91. The van der Waals surface area contributed by atoms with Gasteiger partial charge in [0, 0.05) is 32.4 Å². The summed E-state index contributed by atoms with van der Waals surface area (Å²) in [5.74, 6) is 0.101. The van der Waals surface area contributed by atoms with Gasteiger partial charge in [-0.15, -0.1) is 0 Å². The molecule has 3 aromatic carbocycles. The highest BCUT2D eigenvalue weighted by Crippen LogP contribution is 2.31. The van der Waals surface area contributed by atoms with Crippen LogP contribution in [-0.2, 0) is 9.53 Å². The summed E-state index contributed by atoms with van der Waals surface area (Å²) in [6, 6.07) is 30.1. The SMILES string of the molecule is CN(C(=O)C(c1ccccc1)c1ccccc1)C(CN1CCC(O)C1)c1ccccc1.NSCCOCC(F)(F)F. The number of nitrogens with two attached hydrogens (primary N) is 1. The van der Waals surface area contributed by atoms with Crippen molar-refractivity contribution in [2.45, 2.75) is 30.7 Å². The van der Waals surface area contributed by atoms with E-state index in [1.165, 1.54) is 0 Å². The lowest BCUT2D eigenvalue weighted by atomic mass is 9.89. The lowest BCUT2D eigenvalue weighted by molar-refractivity contribution is -0.172. The summed E-state index contributed by atoms with van der Waals surface area (Å²) in [6.45, 7) is 1.08. The van der Waals surface area contributed by atoms with Crippen molar-refractivity contribution in [2.24, 2.45) is 5.14 Å². The number of carbonyl (C=O) groups is 1. The third-order valence-electron chi connectivity index (χ3n) is 6.80. The van der Waals surface area contributed by atoms with E-state index in [1.54, 1.807) is 0 Å². The van der Waals surface area contributed by atoms with E-state index >= 15 is 0 Å². The molecule has 3 N–H and O–H groups in total. The third kappa shape index (κ3) is 10.8. The normalized spacial score (nSPS) is 16.2. The van der Waals surface area contributed by atoms with Gasteiger partial charge < -0.3 is 14.7 Å². The smallest absolute Gasteiger partial charge is 0.392 e. The molecule has 1 amide bonds. The van der Waals surface area contributed by atoms with Gasteiger partial charge in [-0.3, -0.25) is 14.8 Å². The van der Waals surface area contributed by atoms with Crippen molar-refractivity contribution in [3.8, 4) is 0 Å². The highest BCUT2D eigenvalue weighted by atomic mass is 32.2. The molecule has 4 rings (SSSR count). The van der Waals surface area contributed by atoms with Gasteiger partial charge in [-0.25, -0.2) is 0 Å². The van der Waals surface area contributed by atoms with E-state index in [1.807, 2.05) is 90.8 Å². The van der Waals surface area contributed by atoms with Gasteiger partial charge in [0.15, 0.2) is 0 Å². The second kappa shape index (κ2) is 16.5. The van der Waals surface area contributed by atoms with Crippen molar-refractivity contribution in [1.82, 2.24) is 9.80 Å². The molecule has 10 heteroatoms. The largest absolute Gasteiger partial charge is 0.411 e. The van der Waals surface area contributed by atoms with Crippen molar-refractivity contribution in [2.75, 3.05) is 45.6 Å². The first-order valence-corrected chi connectivity index (χ1v) is 14.5. The number of carbonyl (C=O) groups excluding carboxylic acids is 1. The molecule has 1 heterocycles. The van der Waals surface area contributed by atoms with Crippen LogP contribution in [0.15, 0.2) is 91.0 Å². The molecule has 1 saturated heterocycles. The summed E-state index contributed by atoms with van der Waals surface area (Å²) >= 11 is 0.960. The van der Waals surface area contributed by atoms with Gasteiger partial charge in [-0.1, -0.05) is 103 Å². The van der Waals surface area contributed by atoms with Crippen molar-refractivity contribution in [3.05, 3.63) is 108 Å². The lowest BCUT2D eigenvalue weighted by Gasteiger charge is -2.34. The number of benzene rings is 3. The van der Waals surface area contributed by atoms with E-state index in [9.17, 15) is 23.1 Å². The number of aliphatic hydroxyl groups is 1. The molecule has 1 fully saturated rings. The van der Waals surface area contributed by atoms with Crippen molar-refractivity contribution >= 4 is 17.9 Å². The van der Waals surface area contributed by atoms with Gasteiger partial charge in [0.25, 0.3) is 0 Å². The summed E-state index contributed by atoms with van der Waals surface area (Å²) < 4.78 is 38.2. The molecule has 41 heavy (non-hydrogen) atoms. The number of β-amino-alcohol motifs (C(OH)–C–C–N with tert-alkyl or cyclic N) is 1. The first-order chi connectivity index (χ1) is 19.7. The molecule has 0 aromatic heterocycles. The quantitative estimate of drug-likeness (QED) is 0.235. The maximum Gasteiger partial charge on any atom is 0.411 e. The van der Waals surface area contributed by atoms with Crippen LogP contribution in [-0.4, -0.2) is 78.7 Å². The molecule has 222 valence electrons. The molecule has 0 spiro atoms. The number of amides is 1. The Kier molecular flexibility index (Phi) is 13.1. The van der Waals surface area contributed by atoms with Gasteiger partial charge >= 0.3 is 6.18 Å². The molecule has 0 radical (unpaired) electrons. The van der Waals surface area contributed by atoms with Gasteiger partial charge in [0.2, 0.25) is 5.91 Å². The Labute approximate surface area is 244 Å². The molecule has 0 bridgehead atoms. The van der Waals surface area contributed by atoms with E-state index in [0.717, 1.165) is 41.6 Å². The first kappa shape index (κ1) is 32.6. The van der Waals surface area contributed by atoms with Crippen LogP contribution < -0.4 is 5.14 Å². The minimum absolute atomic E-state index is 0.0423. The van der Waals surface area contributed by atoms with Crippen LogP contribution >= 0.6 is 11.9 Å². The van der Waals surface area contributed by atoms with E-state index in [2.05, 4.69) is 21.8 Å². The second-order valence-corrected chi connectivity index (χ2v) is 10.6. The van der Waals surface area contributed by atoms with Crippen LogP contribution in [0.2, 0.25) is 0 Å². The number of likely N-dealkylation sites (tertiary alicyclic amines) is 1. The summed E-state index contributed by atoms with van der Waals surface area (Å²) in [4.78, 5) is 18.1. The zero-order chi connectivity index (χ0) is 29.7. The van der Waals surface area contributed by atoms with Crippen LogP contribution in [0.25, 0.3) is 0 Å².